The highest BCUT2D eigenvalue weighted by molar-refractivity contribution is 5.97. The van der Waals surface area contributed by atoms with Crippen molar-refractivity contribution >= 4 is 17.7 Å². The van der Waals surface area contributed by atoms with Gasteiger partial charge in [-0.05, 0) is 0 Å². The Kier molecular flexibility index (Phi) is 5.63. The number of esters is 1. The highest BCUT2D eigenvalue weighted by atomic mass is 16.5. The van der Waals surface area contributed by atoms with Crippen LogP contribution in [0.4, 0.5) is 0 Å². The van der Waals surface area contributed by atoms with Gasteiger partial charge in [-0.2, -0.15) is 0 Å². The summed E-state index contributed by atoms with van der Waals surface area (Å²) in [6.45, 7) is 0. The van der Waals surface area contributed by atoms with E-state index >= 15 is 0 Å². The van der Waals surface area contributed by atoms with Crippen molar-refractivity contribution in [2.75, 3.05) is 0 Å². The van der Waals surface area contributed by atoms with Crippen LogP contribution in [0.2, 0.25) is 0 Å². The van der Waals surface area contributed by atoms with Crippen molar-refractivity contribution in [3.63, 3.8) is 0 Å². The van der Waals surface area contributed by atoms with Gasteiger partial charge in [0.05, 0.1) is 6.42 Å². The molecule has 0 radical (unpaired) electrons. The molecule has 0 aliphatic carbocycles. The number of ether oxygens (including phenoxy) is 1. The van der Waals surface area contributed by atoms with Crippen molar-refractivity contribution in [1.29, 1.82) is 0 Å². The molecule has 1 amide bonds. The monoisotopic (exact) mass is 311 g/mol. The van der Waals surface area contributed by atoms with Gasteiger partial charge in [-0.3, -0.25) is 14.4 Å². The van der Waals surface area contributed by atoms with Gasteiger partial charge in [0.2, 0.25) is 6.10 Å². The van der Waals surface area contributed by atoms with E-state index in [1.54, 1.807) is 54.6 Å². The molecule has 2 aromatic carbocycles. The van der Waals surface area contributed by atoms with Crippen LogP contribution in [0, 0.1) is 0 Å². The average Bonchev–Trinajstić information content (AvgIpc) is 2.58. The summed E-state index contributed by atoms with van der Waals surface area (Å²) in [5, 5.41) is 0. The largest absolute Gasteiger partial charge is 0.447 e. The van der Waals surface area contributed by atoms with Crippen LogP contribution in [-0.4, -0.2) is 17.7 Å². The molecule has 0 saturated carbocycles. The summed E-state index contributed by atoms with van der Waals surface area (Å²) in [4.78, 5) is 35.3. The molecule has 0 heterocycles. The Hall–Kier alpha value is -2.95. The molecule has 2 N–H and O–H groups in total. The SMILES string of the molecule is NC(=O)C(OC(=O)CCC(=O)c1ccccc1)c1ccccc1. The van der Waals surface area contributed by atoms with Gasteiger partial charge in [-0.15, -0.1) is 0 Å². The summed E-state index contributed by atoms with van der Waals surface area (Å²) in [7, 11) is 0. The molecular formula is C18H17NO4. The summed E-state index contributed by atoms with van der Waals surface area (Å²) in [6, 6.07) is 17.2. The maximum Gasteiger partial charge on any atom is 0.307 e. The van der Waals surface area contributed by atoms with Gasteiger partial charge in [0.15, 0.2) is 5.78 Å². The summed E-state index contributed by atoms with van der Waals surface area (Å²) in [5.74, 6) is -1.54. The predicted molar refractivity (Wildman–Crippen MR) is 84.5 cm³/mol. The number of Topliss-reactive ketones (excluding diaryl/α,β-unsaturated/α-hetero) is 1. The molecule has 0 aromatic heterocycles. The molecule has 0 saturated heterocycles. The summed E-state index contributed by atoms with van der Waals surface area (Å²) < 4.78 is 5.12. The molecule has 0 bridgehead atoms. The standard InChI is InChI=1S/C18H17NO4/c19-18(22)17(14-9-5-2-6-10-14)23-16(21)12-11-15(20)13-7-3-1-4-8-13/h1-10,17H,11-12H2,(H2,19,22). The van der Waals surface area contributed by atoms with Crippen molar-refractivity contribution in [3.8, 4) is 0 Å². The number of rotatable bonds is 7. The number of carbonyl (C=O) groups is 3. The lowest BCUT2D eigenvalue weighted by atomic mass is 10.1. The first-order valence-electron chi connectivity index (χ1n) is 7.20. The second kappa shape index (κ2) is 7.89. The molecule has 2 aromatic rings. The number of amides is 1. The van der Waals surface area contributed by atoms with Crippen LogP contribution in [0.15, 0.2) is 60.7 Å². The zero-order valence-corrected chi connectivity index (χ0v) is 12.5. The van der Waals surface area contributed by atoms with Gasteiger partial charge in [0, 0.05) is 17.5 Å². The number of hydrogen-bond acceptors (Lipinski definition) is 4. The number of benzene rings is 2. The van der Waals surface area contributed by atoms with Gasteiger partial charge in [-0.25, -0.2) is 0 Å². The molecule has 0 aliphatic heterocycles. The zero-order chi connectivity index (χ0) is 16.7. The molecule has 118 valence electrons. The van der Waals surface area contributed by atoms with Crippen LogP contribution in [0.25, 0.3) is 0 Å². The highest BCUT2D eigenvalue weighted by Crippen LogP contribution is 2.18. The van der Waals surface area contributed by atoms with E-state index in [2.05, 4.69) is 0 Å². The minimum absolute atomic E-state index is 0.0170. The Morgan fingerprint density at radius 2 is 1.43 bits per heavy atom. The minimum Gasteiger partial charge on any atom is -0.447 e. The van der Waals surface area contributed by atoms with Gasteiger partial charge >= 0.3 is 5.97 Å². The molecular weight excluding hydrogens is 294 g/mol. The predicted octanol–water partition coefficient (Wildman–Crippen LogP) is 2.42. The number of primary amides is 1. The Bertz CT molecular complexity index is 683. The fourth-order valence-electron chi connectivity index (χ4n) is 2.09. The molecule has 1 unspecified atom stereocenters. The second-order valence-electron chi connectivity index (χ2n) is 4.97. The fraction of sp³-hybridized carbons (Fsp3) is 0.167. The Morgan fingerprint density at radius 1 is 0.870 bits per heavy atom. The van der Waals surface area contributed by atoms with Crippen molar-refractivity contribution in [3.05, 3.63) is 71.8 Å². The lowest BCUT2D eigenvalue weighted by Crippen LogP contribution is -2.26. The number of carbonyl (C=O) groups excluding carboxylic acids is 3. The van der Waals surface area contributed by atoms with Gasteiger partial charge in [-0.1, -0.05) is 60.7 Å². The van der Waals surface area contributed by atoms with Crippen LogP contribution in [0.3, 0.4) is 0 Å². The zero-order valence-electron chi connectivity index (χ0n) is 12.5. The van der Waals surface area contributed by atoms with E-state index < -0.39 is 18.0 Å². The van der Waals surface area contributed by atoms with Gasteiger partial charge in [0.25, 0.3) is 5.91 Å². The fourth-order valence-corrected chi connectivity index (χ4v) is 2.09. The molecule has 2 rings (SSSR count). The summed E-state index contributed by atoms with van der Waals surface area (Å²) in [5.41, 5.74) is 6.32. The first-order valence-corrected chi connectivity index (χ1v) is 7.20. The number of nitrogens with two attached hydrogens (primary N) is 1. The lowest BCUT2D eigenvalue weighted by molar-refractivity contribution is -0.155. The average molecular weight is 311 g/mol. The first kappa shape index (κ1) is 16.4. The minimum atomic E-state index is -1.14. The quantitative estimate of drug-likeness (QED) is 0.628. The van der Waals surface area contributed by atoms with Gasteiger partial charge in [0.1, 0.15) is 0 Å². The Labute approximate surface area is 134 Å². The van der Waals surface area contributed by atoms with Crippen LogP contribution < -0.4 is 5.73 Å². The van der Waals surface area contributed by atoms with E-state index in [1.165, 1.54) is 0 Å². The highest BCUT2D eigenvalue weighted by Gasteiger charge is 2.22. The van der Waals surface area contributed by atoms with Crippen molar-refractivity contribution in [2.24, 2.45) is 5.73 Å². The smallest absolute Gasteiger partial charge is 0.307 e. The third-order valence-corrected chi connectivity index (χ3v) is 3.26. The topological polar surface area (TPSA) is 86.5 Å². The van der Waals surface area contributed by atoms with E-state index in [0.717, 1.165) is 0 Å². The molecule has 0 fully saturated rings. The van der Waals surface area contributed by atoms with E-state index in [9.17, 15) is 14.4 Å². The third kappa shape index (κ3) is 4.78. The Balaban J connectivity index is 1.93. The third-order valence-electron chi connectivity index (χ3n) is 3.26. The lowest BCUT2D eigenvalue weighted by Gasteiger charge is -2.14. The molecule has 0 aliphatic rings. The van der Waals surface area contributed by atoms with Crippen LogP contribution in [0.5, 0.6) is 0 Å². The summed E-state index contributed by atoms with van der Waals surface area (Å²) in [6.07, 6.45) is -1.23. The maximum atomic E-state index is 11.9. The van der Waals surface area contributed by atoms with E-state index in [-0.39, 0.29) is 18.6 Å². The van der Waals surface area contributed by atoms with Crippen molar-refractivity contribution < 1.29 is 19.1 Å². The van der Waals surface area contributed by atoms with Crippen LogP contribution >= 0.6 is 0 Å². The molecule has 0 spiro atoms. The van der Waals surface area contributed by atoms with Crippen LogP contribution in [-0.2, 0) is 14.3 Å². The normalized spacial score (nSPS) is 11.5. The number of hydrogen-bond donors (Lipinski definition) is 1. The van der Waals surface area contributed by atoms with Crippen molar-refractivity contribution in [1.82, 2.24) is 0 Å². The maximum absolute atomic E-state index is 11.9. The molecule has 1 atom stereocenters. The van der Waals surface area contributed by atoms with E-state index in [0.29, 0.717) is 11.1 Å². The number of ketones is 1. The molecule has 5 heteroatoms. The first-order chi connectivity index (χ1) is 11.1. The summed E-state index contributed by atoms with van der Waals surface area (Å²) >= 11 is 0. The Morgan fingerprint density at radius 3 is 2.00 bits per heavy atom. The van der Waals surface area contributed by atoms with Gasteiger partial charge < -0.3 is 10.5 Å². The van der Waals surface area contributed by atoms with E-state index in [4.69, 9.17) is 10.5 Å². The van der Waals surface area contributed by atoms with Crippen molar-refractivity contribution in [2.45, 2.75) is 18.9 Å². The second-order valence-corrected chi connectivity index (χ2v) is 4.97. The molecule has 23 heavy (non-hydrogen) atoms. The van der Waals surface area contributed by atoms with Crippen LogP contribution in [0.1, 0.15) is 34.9 Å². The molecule has 5 nitrogen and oxygen atoms in total. The van der Waals surface area contributed by atoms with E-state index in [1.807, 2.05) is 6.07 Å².